The third kappa shape index (κ3) is 35.9. The molecule has 0 aromatic heterocycles. The van der Waals surface area contributed by atoms with Gasteiger partial charge in [0.15, 0.2) is 0 Å². The van der Waals surface area contributed by atoms with E-state index in [1.807, 2.05) is 13.8 Å². The first-order valence-corrected chi connectivity index (χ1v) is 10.9. The van der Waals surface area contributed by atoms with E-state index >= 15 is 0 Å². The summed E-state index contributed by atoms with van der Waals surface area (Å²) in [5, 5.41) is 23.3. The van der Waals surface area contributed by atoms with Crippen LogP contribution in [0.3, 0.4) is 0 Å². The minimum absolute atomic E-state index is 0.0280. The summed E-state index contributed by atoms with van der Waals surface area (Å²) >= 11 is 0. The lowest BCUT2D eigenvalue weighted by Crippen LogP contribution is -2.13. The Morgan fingerprint density at radius 2 is 1.11 bits per heavy atom. The fraction of sp³-hybridized carbons (Fsp3) is 0.909. The molecule has 0 radical (unpaired) electrons. The van der Waals surface area contributed by atoms with Crippen LogP contribution in [0.5, 0.6) is 0 Å². The molecule has 0 fully saturated rings. The van der Waals surface area contributed by atoms with Gasteiger partial charge in [0.05, 0.1) is 6.10 Å². The van der Waals surface area contributed by atoms with E-state index in [0.29, 0.717) is 6.42 Å². The average Bonchev–Trinajstić information content (AvgIpc) is 2.60. The quantitative estimate of drug-likeness (QED) is 0.274. The second kappa shape index (κ2) is 25.9. The number of esters is 1. The maximum atomic E-state index is 11.3. The molecular weight excluding hydrogens is 360 g/mol. The van der Waals surface area contributed by atoms with Crippen LogP contribution in [0.25, 0.3) is 0 Å². The van der Waals surface area contributed by atoms with Crippen LogP contribution >= 0.6 is 0 Å². The minimum Gasteiger partial charge on any atom is -0.479 e. The molecule has 0 spiro atoms. The van der Waals surface area contributed by atoms with Crippen molar-refractivity contribution in [2.75, 3.05) is 6.61 Å². The molecule has 0 aliphatic rings. The Morgan fingerprint density at radius 1 is 0.786 bits per heavy atom. The van der Waals surface area contributed by atoms with Gasteiger partial charge in [0, 0.05) is 13.0 Å². The van der Waals surface area contributed by atoms with E-state index in [-0.39, 0.29) is 18.7 Å². The Balaban J connectivity index is -0.000000577. The minimum atomic E-state index is -1.23. The normalized spacial score (nSPS) is 11.0. The highest BCUT2D eigenvalue weighted by molar-refractivity contribution is 5.71. The molecule has 0 saturated heterocycles. The summed E-state index contributed by atoms with van der Waals surface area (Å²) in [7, 11) is 0. The smallest absolute Gasteiger partial charge is 0.332 e. The van der Waals surface area contributed by atoms with Crippen LogP contribution in [-0.4, -0.2) is 46.1 Å². The largest absolute Gasteiger partial charge is 0.479 e. The Morgan fingerprint density at radius 3 is 1.39 bits per heavy atom. The van der Waals surface area contributed by atoms with E-state index in [1.165, 1.54) is 71.1 Å². The van der Waals surface area contributed by atoms with Gasteiger partial charge in [0.2, 0.25) is 0 Å². The van der Waals surface area contributed by atoms with Gasteiger partial charge in [-0.3, -0.25) is 4.79 Å². The third-order valence-corrected chi connectivity index (χ3v) is 3.71. The molecule has 28 heavy (non-hydrogen) atoms. The zero-order valence-corrected chi connectivity index (χ0v) is 18.9. The van der Waals surface area contributed by atoms with Gasteiger partial charge in [-0.05, 0) is 34.1 Å². The number of rotatable bonds is 14. The summed E-state index contributed by atoms with van der Waals surface area (Å²) in [5.74, 6) is -1.22. The van der Waals surface area contributed by atoms with Crippen molar-refractivity contribution in [1.29, 1.82) is 0 Å². The van der Waals surface area contributed by atoms with Crippen molar-refractivity contribution in [2.24, 2.45) is 0 Å². The Hall–Kier alpha value is -1.14. The second-order valence-corrected chi connectivity index (χ2v) is 7.15. The average molecular weight is 407 g/mol. The number of carbonyl (C=O) groups is 2. The molecule has 3 N–H and O–H groups in total. The molecule has 0 rings (SSSR count). The van der Waals surface area contributed by atoms with E-state index in [1.54, 1.807) is 6.92 Å². The number of ether oxygens (including phenoxy) is 1. The molecule has 1 atom stereocenters. The van der Waals surface area contributed by atoms with Crippen molar-refractivity contribution >= 4 is 11.9 Å². The fourth-order valence-electron chi connectivity index (χ4n) is 2.26. The second-order valence-electron chi connectivity index (χ2n) is 7.15. The molecule has 0 aliphatic carbocycles. The Bertz CT molecular complexity index is 329. The van der Waals surface area contributed by atoms with Crippen LogP contribution in [0.1, 0.15) is 112 Å². The molecule has 6 heteroatoms. The van der Waals surface area contributed by atoms with Crippen LogP contribution < -0.4 is 0 Å². The predicted octanol–water partition coefficient (Wildman–Crippen LogP) is 5.09. The number of hydrogen-bond acceptors (Lipinski definition) is 5. The molecule has 0 bridgehead atoms. The molecule has 0 amide bonds. The van der Waals surface area contributed by atoms with Gasteiger partial charge < -0.3 is 20.1 Å². The number of aliphatic carboxylic acids is 1. The lowest BCUT2D eigenvalue weighted by molar-refractivity contribution is -0.147. The fourth-order valence-corrected chi connectivity index (χ4v) is 2.26. The third-order valence-electron chi connectivity index (χ3n) is 3.71. The molecule has 0 aliphatic heterocycles. The number of unbranched alkanes of at least 4 members (excludes halogenated alkanes) is 10. The summed E-state index contributed by atoms with van der Waals surface area (Å²) in [4.78, 5) is 20.7. The van der Waals surface area contributed by atoms with E-state index in [2.05, 4.69) is 6.92 Å². The van der Waals surface area contributed by atoms with Gasteiger partial charge in [0.1, 0.15) is 6.10 Å². The van der Waals surface area contributed by atoms with Gasteiger partial charge in [-0.25, -0.2) is 4.79 Å². The lowest BCUT2D eigenvalue weighted by atomic mass is 10.1. The van der Waals surface area contributed by atoms with Gasteiger partial charge in [0.25, 0.3) is 0 Å². The maximum Gasteiger partial charge on any atom is 0.332 e. The van der Waals surface area contributed by atoms with Crippen LogP contribution in [0.2, 0.25) is 0 Å². The van der Waals surface area contributed by atoms with Crippen molar-refractivity contribution < 1.29 is 29.6 Å². The van der Waals surface area contributed by atoms with Crippen LogP contribution in [0, 0.1) is 0 Å². The van der Waals surface area contributed by atoms with Gasteiger partial charge in [-0.2, -0.15) is 0 Å². The molecular formula is C22H46O6. The number of hydrogen-bond donors (Lipinski definition) is 3. The predicted molar refractivity (Wildman–Crippen MR) is 114 cm³/mol. The molecule has 0 saturated carbocycles. The summed E-state index contributed by atoms with van der Waals surface area (Å²) in [6.45, 7) is 9.19. The van der Waals surface area contributed by atoms with Crippen LogP contribution in [-0.2, 0) is 14.3 Å². The van der Waals surface area contributed by atoms with E-state index in [9.17, 15) is 9.59 Å². The van der Waals surface area contributed by atoms with Gasteiger partial charge >= 0.3 is 11.9 Å². The van der Waals surface area contributed by atoms with Gasteiger partial charge in [-0.1, -0.05) is 71.1 Å². The van der Waals surface area contributed by atoms with Crippen molar-refractivity contribution in [3.63, 3.8) is 0 Å². The first kappa shape index (κ1) is 31.6. The zero-order valence-electron chi connectivity index (χ0n) is 18.9. The standard InChI is InChI=1S/C17H34O2.C3H6O3.C2H6O/c1-4-5-6-7-8-9-10-11-12-13-14-15-17(18)19-16(2)3;1-2(4)3(5)6;1-2-3/h16H,4-15H2,1-3H3;2,4H,1H3,(H,5,6);3H,2H2,1H3. The number of carbonyl (C=O) groups excluding carboxylic acids is 1. The summed E-state index contributed by atoms with van der Waals surface area (Å²) in [5.41, 5.74) is 0. The van der Waals surface area contributed by atoms with E-state index < -0.39 is 12.1 Å². The molecule has 6 nitrogen and oxygen atoms in total. The first-order chi connectivity index (χ1) is 13.2. The number of carboxylic acid groups (broad SMARTS) is 1. The van der Waals surface area contributed by atoms with Crippen molar-refractivity contribution in [1.82, 2.24) is 0 Å². The SMILES string of the molecule is CC(O)C(=O)O.CCCCCCCCCCCCCC(=O)OC(C)C.CCO. The zero-order chi connectivity index (χ0) is 22.2. The first-order valence-electron chi connectivity index (χ1n) is 10.9. The molecule has 0 aromatic rings. The molecule has 170 valence electrons. The number of aliphatic hydroxyl groups is 2. The molecule has 0 aromatic carbocycles. The molecule has 0 heterocycles. The monoisotopic (exact) mass is 406 g/mol. The van der Waals surface area contributed by atoms with Crippen molar-refractivity contribution in [3.8, 4) is 0 Å². The number of carboxylic acids is 1. The Kier molecular flexibility index (Phi) is 29.1. The highest BCUT2D eigenvalue weighted by atomic mass is 16.5. The van der Waals surface area contributed by atoms with Gasteiger partial charge in [-0.15, -0.1) is 0 Å². The van der Waals surface area contributed by atoms with E-state index in [0.717, 1.165) is 6.42 Å². The lowest BCUT2D eigenvalue weighted by Gasteiger charge is -2.07. The highest BCUT2D eigenvalue weighted by Crippen LogP contribution is 2.12. The van der Waals surface area contributed by atoms with Crippen LogP contribution in [0.4, 0.5) is 0 Å². The van der Waals surface area contributed by atoms with E-state index in [4.69, 9.17) is 20.1 Å². The topological polar surface area (TPSA) is 104 Å². The molecule has 1 unspecified atom stereocenters. The highest BCUT2D eigenvalue weighted by Gasteiger charge is 2.04. The van der Waals surface area contributed by atoms with Crippen molar-refractivity contribution in [2.45, 2.75) is 124 Å². The summed E-state index contributed by atoms with van der Waals surface area (Å²) in [6.07, 6.45) is 13.8. The maximum absolute atomic E-state index is 11.3. The van der Waals surface area contributed by atoms with Crippen molar-refractivity contribution in [3.05, 3.63) is 0 Å². The Labute approximate surface area is 172 Å². The van der Waals surface area contributed by atoms with Crippen LogP contribution in [0.15, 0.2) is 0 Å². The number of aliphatic hydroxyl groups excluding tert-OH is 2. The summed E-state index contributed by atoms with van der Waals surface area (Å²) < 4.78 is 5.10. The summed E-state index contributed by atoms with van der Waals surface area (Å²) in [6, 6.07) is 0.